The van der Waals surface area contributed by atoms with E-state index in [-0.39, 0.29) is 16.7 Å². The van der Waals surface area contributed by atoms with Gasteiger partial charge in [-0.1, -0.05) is 0 Å². The number of aryl methyl sites for hydroxylation is 2. The number of pyridine rings is 2. The van der Waals surface area contributed by atoms with E-state index in [0.29, 0.717) is 9.94 Å². The molecule has 1 saturated heterocycles. The minimum Gasteiger partial charge on any atom is -0.465 e. The van der Waals surface area contributed by atoms with Crippen LogP contribution >= 0.6 is 15.9 Å². The zero-order valence-electron chi connectivity index (χ0n) is 20.4. The summed E-state index contributed by atoms with van der Waals surface area (Å²) in [5, 5.41) is 0. The van der Waals surface area contributed by atoms with Crippen LogP contribution in [0.2, 0.25) is 0 Å². The molecule has 0 N–H and O–H groups in total. The lowest BCUT2D eigenvalue weighted by molar-refractivity contribution is 0.00578. The van der Waals surface area contributed by atoms with E-state index in [4.69, 9.17) is 9.31 Å². The van der Waals surface area contributed by atoms with Crippen LogP contribution in [0.3, 0.4) is 0 Å². The van der Waals surface area contributed by atoms with Crippen LogP contribution in [0.4, 0.5) is 0 Å². The molecule has 184 valence electrons. The third-order valence-electron chi connectivity index (χ3n) is 5.69. The van der Waals surface area contributed by atoms with Crippen molar-refractivity contribution in [2.75, 3.05) is 14.2 Å². The maximum absolute atomic E-state index is 12.0. The molecule has 0 atom stereocenters. The van der Waals surface area contributed by atoms with Gasteiger partial charge in [-0.15, -0.1) is 0 Å². The van der Waals surface area contributed by atoms with Gasteiger partial charge < -0.3 is 27.9 Å². The molecule has 1 fully saturated rings. The molecule has 10 nitrogen and oxygen atoms in total. The molecule has 0 amide bonds. The molecule has 1 aliphatic heterocycles. The first kappa shape index (κ1) is 27.5. The second kappa shape index (κ2) is 10.3. The summed E-state index contributed by atoms with van der Waals surface area (Å²) in [6, 6.07) is 2.91. The molecule has 12 heteroatoms. The highest BCUT2D eigenvalue weighted by Gasteiger charge is 2.52. The Morgan fingerprint density at radius 2 is 1.26 bits per heavy atom. The molecule has 0 radical (unpaired) electrons. The number of nitrogens with zero attached hydrogens (tertiary/aromatic N) is 2. The summed E-state index contributed by atoms with van der Waals surface area (Å²) < 4.78 is 24.2. The summed E-state index contributed by atoms with van der Waals surface area (Å²) in [6.45, 7) is 7.76. The molecule has 2 aromatic heterocycles. The molecule has 0 unspecified atom stereocenters. The predicted octanol–water partition coefficient (Wildman–Crippen LogP) is 1.41. The van der Waals surface area contributed by atoms with E-state index >= 15 is 0 Å². The molecular formula is C22H28BBrN2O8. The van der Waals surface area contributed by atoms with Gasteiger partial charge in [-0.25, -0.2) is 9.59 Å². The van der Waals surface area contributed by atoms with Crippen molar-refractivity contribution in [1.29, 1.82) is 0 Å². The fraction of sp³-hybridized carbons (Fsp3) is 0.455. The Morgan fingerprint density at radius 1 is 0.853 bits per heavy atom. The molecule has 0 spiro atoms. The van der Waals surface area contributed by atoms with E-state index in [1.54, 1.807) is 26.5 Å². The number of aromatic nitrogens is 2. The number of hydrogen-bond donors (Lipinski definition) is 0. The number of hydrogen-bond acceptors (Lipinski definition) is 8. The molecule has 0 aliphatic carbocycles. The summed E-state index contributed by atoms with van der Waals surface area (Å²) in [4.78, 5) is 46.1. The van der Waals surface area contributed by atoms with Crippen LogP contribution in [0.25, 0.3) is 0 Å². The molecule has 3 rings (SSSR count). The SMILES string of the molecule is COC(=O)c1cc(B2OC(C)(C)C(C)(C)O2)cn(C)c1=O.COC(=O)c1cc(Br)cn(C)c1=O. The van der Waals surface area contributed by atoms with Gasteiger partial charge in [0, 0.05) is 31.0 Å². The van der Waals surface area contributed by atoms with Crippen molar-refractivity contribution in [2.45, 2.75) is 38.9 Å². The summed E-state index contributed by atoms with van der Waals surface area (Å²) in [6.07, 6.45) is 3.19. The zero-order chi connectivity index (χ0) is 26.0. The Bertz CT molecular complexity index is 1200. The minimum atomic E-state index is -0.672. The van der Waals surface area contributed by atoms with E-state index in [1.165, 1.54) is 35.5 Å². The molecular weight excluding hydrogens is 511 g/mol. The number of esters is 2. The van der Waals surface area contributed by atoms with Gasteiger partial charge in [0.05, 0.1) is 25.4 Å². The zero-order valence-corrected chi connectivity index (χ0v) is 22.0. The predicted molar refractivity (Wildman–Crippen MR) is 129 cm³/mol. The average molecular weight is 539 g/mol. The third kappa shape index (κ3) is 5.68. The Balaban J connectivity index is 0.000000270. The number of ether oxygens (including phenoxy) is 2. The Kier molecular flexibility index (Phi) is 8.33. The van der Waals surface area contributed by atoms with Crippen LogP contribution in [0.5, 0.6) is 0 Å². The fourth-order valence-corrected chi connectivity index (χ4v) is 3.56. The summed E-state index contributed by atoms with van der Waals surface area (Å²) in [7, 11) is 4.99. The van der Waals surface area contributed by atoms with Crippen molar-refractivity contribution in [2.24, 2.45) is 14.1 Å². The highest BCUT2D eigenvalue weighted by molar-refractivity contribution is 9.10. The van der Waals surface area contributed by atoms with Crippen LogP contribution in [0.1, 0.15) is 48.4 Å². The molecule has 0 aromatic carbocycles. The van der Waals surface area contributed by atoms with Gasteiger partial charge in [-0.05, 0) is 61.2 Å². The van der Waals surface area contributed by atoms with Gasteiger partial charge >= 0.3 is 19.1 Å². The van der Waals surface area contributed by atoms with E-state index in [9.17, 15) is 19.2 Å². The molecule has 2 aromatic rings. The molecule has 0 bridgehead atoms. The van der Waals surface area contributed by atoms with E-state index in [0.717, 1.165) is 0 Å². The standard InChI is InChI=1S/C14H20BNO5.C8H8BrNO3/c1-13(2)14(3,4)21-15(20-13)9-7-10(12(18)19-6)11(17)16(5)8-9;1-10-4-5(9)3-6(7(10)11)8(12)13-2/h7-8H,1-6H3;3-4H,1-2H3. The van der Waals surface area contributed by atoms with Crippen LogP contribution in [-0.4, -0.2) is 53.6 Å². The van der Waals surface area contributed by atoms with E-state index in [1.807, 2.05) is 27.7 Å². The first-order valence-corrected chi connectivity index (χ1v) is 11.0. The average Bonchev–Trinajstić information content (AvgIpc) is 2.98. The van der Waals surface area contributed by atoms with Crippen molar-refractivity contribution < 1.29 is 28.4 Å². The summed E-state index contributed by atoms with van der Waals surface area (Å²) in [5.41, 5.74) is -1.16. The van der Waals surface area contributed by atoms with E-state index in [2.05, 4.69) is 25.4 Å². The second-order valence-electron chi connectivity index (χ2n) is 8.66. The number of methoxy groups -OCH3 is 2. The first-order chi connectivity index (χ1) is 15.6. The minimum absolute atomic E-state index is 0.0272. The van der Waals surface area contributed by atoms with Crippen molar-refractivity contribution in [3.63, 3.8) is 0 Å². The maximum atomic E-state index is 12.0. The quantitative estimate of drug-likeness (QED) is 0.425. The van der Waals surface area contributed by atoms with Gasteiger partial charge in [0.1, 0.15) is 11.1 Å². The van der Waals surface area contributed by atoms with Gasteiger partial charge in [-0.2, -0.15) is 0 Å². The maximum Gasteiger partial charge on any atom is 0.496 e. The largest absolute Gasteiger partial charge is 0.496 e. The van der Waals surface area contributed by atoms with Crippen LogP contribution in [0, 0.1) is 0 Å². The topological polar surface area (TPSA) is 115 Å². The lowest BCUT2D eigenvalue weighted by Crippen LogP contribution is -2.41. The van der Waals surface area contributed by atoms with Crippen LogP contribution < -0.4 is 16.6 Å². The highest BCUT2D eigenvalue weighted by Crippen LogP contribution is 2.36. The van der Waals surface area contributed by atoms with Crippen molar-refractivity contribution in [3.05, 3.63) is 60.8 Å². The third-order valence-corrected chi connectivity index (χ3v) is 6.12. The van der Waals surface area contributed by atoms with Crippen LogP contribution in [-0.2, 0) is 32.9 Å². The summed E-state index contributed by atoms with van der Waals surface area (Å²) in [5.74, 6) is -1.30. The lowest BCUT2D eigenvalue weighted by atomic mass is 9.79. The van der Waals surface area contributed by atoms with Gasteiger partial charge in [0.2, 0.25) is 0 Å². The van der Waals surface area contributed by atoms with Gasteiger partial charge in [0.25, 0.3) is 11.1 Å². The Hall–Kier alpha value is -2.70. The van der Waals surface area contributed by atoms with E-state index < -0.39 is 35.8 Å². The second-order valence-corrected chi connectivity index (χ2v) is 9.58. The lowest BCUT2D eigenvalue weighted by Gasteiger charge is -2.32. The van der Waals surface area contributed by atoms with Crippen molar-refractivity contribution in [1.82, 2.24) is 9.13 Å². The Labute approximate surface area is 206 Å². The van der Waals surface area contributed by atoms with Gasteiger partial charge in [0.15, 0.2) is 0 Å². The molecule has 34 heavy (non-hydrogen) atoms. The monoisotopic (exact) mass is 538 g/mol. The molecule has 0 saturated carbocycles. The number of carbonyl (C=O) groups is 2. The van der Waals surface area contributed by atoms with Gasteiger partial charge in [-0.3, -0.25) is 9.59 Å². The number of carbonyl (C=O) groups excluding carboxylic acids is 2. The van der Waals surface area contributed by atoms with Crippen molar-refractivity contribution >= 4 is 40.4 Å². The fourth-order valence-electron chi connectivity index (χ4n) is 3.03. The smallest absolute Gasteiger partial charge is 0.465 e. The van der Waals surface area contributed by atoms with Crippen LogP contribution in [0.15, 0.2) is 38.6 Å². The first-order valence-electron chi connectivity index (χ1n) is 10.2. The highest BCUT2D eigenvalue weighted by atomic mass is 79.9. The van der Waals surface area contributed by atoms with Crippen molar-refractivity contribution in [3.8, 4) is 0 Å². The normalized spacial score (nSPS) is 15.9. The Morgan fingerprint density at radius 3 is 1.71 bits per heavy atom. The number of rotatable bonds is 3. The molecule has 1 aliphatic rings. The molecule has 3 heterocycles. The summed E-state index contributed by atoms with van der Waals surface area (Å²) >= 11 is 3.18. The number of halogens is 1.